The molecule has 0 aliphatic heterocycles. The maximum Gasteiger partial charge on any atom is 0.287 e. The summed E-state index contributed by atoms with van der Waals surface area (Å²) < 4.78 is 5.07. The smallest absolute Gasteiger partial charge is 0.287 e. The van der Waals surface area contributed by atoms with Gasteiger partial charge in [-0.25, -0.2) is 0 Å². The summed E-state index contributed by atoms with van der Waals surface area (Å²) in [7, 11) is 0. The second kappa shape index (κ2) is 11.3. The summed E-state index contributed by atoms with van der Waals surface area (Å²) in [5.41, 5.74) is 1.78. The van der Waals surface area contributed by atoms with Crippen LogP contribution in [0.1, 0.15) is 59.8 Å². The largest absolute Gasteiger partial charge is 0.459 e. The van der Waals surface area contributed by atoms with Crippen LogP contribution in [0.3, 0.4) is 0 Å². The Morgan fingerprint density at radius 3 is 2.50 bits per heavy atom. The van der Waals surface area contributed by atoms with Crippen LogP contribution in [0.15, 0.2) is 59.7 Å². The molecule has 2 N–H and O–H groups in total. The van der Waals surface area contributed by atoms with E-state index in [-0.39, 0.29) is 36.7 Å². The van der Waals surface area contributed by atoms with Crippen molar-refractivity contribution in [2.45, 2.75) is 51.1 Å². The Morgan fingerprint density at radius 1 is 1.16 bits per heavy atom. The van der Waals surface area contributed by atoms with Crippen molar-refractivity contribution in [1.29, 1.82) is 0 Å². The van der Waals surface area contributed by atoms with Gasteiger partial charge in [-0.05, 0) is 37.5 Å². The number of amides is 3. The molecule has 1 aliphatic rings. The number of hydrogen-bond acceptors (Lipinski definition) is 4. The summed E-state index contributed by atoms with van der Waals surface area (Å²) >= 11 is 0. The first-order chi connectivity index (χ1) is 15.5. The van der Waals surface area contributed by atoms with Crippen LogP contribution < -0.4 is 10.6 Å². The predicted molar refractivity (Wildman–Crippen MR) is 122 cm³/mol. The number of nitrogens with one attached hydrogen (secondary N) is 2. The van der Waals surface area contributed by atoms with Crippen LogP contribution in [0.2, 0.25) is 0 Å². The van der Waals surface area contributed by atoms with Gasteiger partial charge in [-0.3, -0.25) is 14.4 Å². The number of rotatable bonds is 9. The van der Waals surface area contributed by atoms with Gasteiger partial charge in [0.1, 0.15) is 6.04 Å². The van der Waals surface area contributed by atoms with E-state index in [0.717, 1.165) is 36.8 Å². The normalized spacial score (nSPS) is 14.9. The van der Waals surface area contributed by atoms with Crippen molar-refractivity contribution in [1.82, 2.24) is 15.5 Å². The highest BCUT2D eigenvalue weighted by atomic mass is 16.3. The van der Waals surface area contributed by atoms with Crippen LogP contribution in [0.25, 0.3) is 0 Å². The average Bonchev–Trinajstić information content (AvgIpc) is 3.34. The second-order valence-electron chi connectivity index (χ2n) is 8.15. The van der Waals surface area contributed by atoms with Crippen LogP contribution in [0.5, 0.6) is 0 Å². The number of nitrogens with zero attached hydrogens (tertiary/aromatic N) is 1. The molecule has 7 nitrogen and oxygen atoms in total. The van der Waals surface area contributed by atoms with Gasteiger partial charge in [-0.2, -0.15) is 0 Å². The summed E-state index contributed by atoms with van der Waals surface area (Å²) in [6, 6.07) is 10.00. The predicted octanol–water partition coefficient (Wildman–Crippen LogP) is 3.52. The van der Waals surface area contributed by atoms with Crippen molar-refractivity contribution in [3.63, 3.8) is 0 Å². The minimum absolute atomic E-state index is 0.114. The van der Waals surface area contributed by atoms with E-state index in [2.05, 4.69) is 17.2 Å². The Morgan fingerprint density at radius 2 is 1.88 bits per heavy atom. The molecule has 1 aromatic carbocycles. The number of furan rings is 1. The molecule has 7 heteroatoms. The van der Waals surface area contributed by atoms with E-state index >= 15 is 0 Å². The summed E-state index contributed by atoms with van der Waals surface area (Å²) in [5.74, 6) is -0.957. The molecule has 1 aromatic heterocycles. The molecule has 0 saturated heterocycles. The molecular weight excluding hydrogens is 406 g/mol. The molecule has 1 heterocycles. The zero-order valence-corrected chi connectivity index (χ0v) is 18.5. The maximum absolute atomic E-state index is 13.4. The highest BCUT2D eigenvalue weighted by molar-refractivity contribution is 5.95. The Labute approximate surface area is 188 Å². The first-order valence-corrected chi connectivity index (χ1v) is 11.1. The van der Waals surface area contributed by atoms with Gasteiger partial charge >= 0.3 is 0 Å². The van der Waals surface area contributed by atoms with E-state index in [0.29, 0.717) is 0 Å². The van der Waals surface area contributed by atoms with Crippen molar-refractivity contribution in [2.24, 2.45) is 0 Å². The number of aryl methyl sites for hydroxylation is 1. The highest BCUT2D eigenvalue weighted by Gasteiger charge is 2.32. The zero-order chi connectivity index (χ0) is 22.9. The minimum Gasteiger partial charge on any atom is -0.459 e. The number of hydrogen-bond donors (Lipinski definition) is 2. The minimum atomic E-state index is -0.816. The molecule has 32 heavy (non-hydrogen) atoms. The lowest BCUT2D eigenvalue weighted by atomic mass is 9.94. The van der Waals surface area contributed by atoms with E-state index in [1.165, 1.54) is 23.7 Å². The van der Waals surface area contributed by atoms with Crippen LogP contribution in [0, 0.1) is 6.92 Å². The maximum atomic E-state index is 13.4. The fourth-order valence-electron chi connectivity index (χ4n) is 3.99. The number of carbonyl (C=O) groups is 3. The molecule has 1 atom stereocenters. The highest BCUT2D eigenvalue weighted by Crippen LogP contribution is 2.24. The SMILES string of the molecule is C=CCN(C(=O)CNC(=O)c1ccco1)[C@H](C(=O)NC1CCCCC1)c1ccc(C)cc1. The molecule has 170 valence electrons. The van der Waals surface area contributed by atoms with Gasteiger partial charge < -0.3 is 20.0 Å². The van der Waals surface area contributed by atoms with Gasteiger partial charge in [0.05, 0.1) is 12.8 Å². The quantitative estimate of drug-likeness (QED) is 0.587. The Kier molecular flexibility index (Phi) is 8.25. The van der Waals surface area contributed by atoms with E-state index in [1.54, 1.807) is 12.1 Å². The topological polar surface area (TPSA) is 91.7 Å². The molecule has 2 aromatic rings. The summed E-state index contributed by atoms with van der Waals surface area (Å²) in [5, 5.41) is 5.71. The number of carbonyl (C=O) groups excluding carboxylic acids is 3. The molecule has 0 bridgehead atoms. The Hall–Kier alpha value is -3.35. The third-order valence-corrected chi connectivity index (χ3v) is 5.70. The van der Waals surface area contributed by atoms with E-state index < -0.39 is 11.9 Å². The van der Waals surface area contributed by atoms with Crippen molar-refractivity contribution in [2.75, 3.05) is 13.1 Å². The van der Waals surface area contributed by atoms with Crippen LogP contribution in [-0.4, -0.2) is 41.8 Å². The number of benzene rings is 1. The third-order valence-electron chi connectivity index (χ3n) is 5.70. The molecule has 3 amide bonds. The summed E-state index contributed by atoms with van der Waals surface area (Å²) in [6.07, 6.45) is 8.24. The fourth-order valence-corrected chi connectivity index (χ4v) is 3.99. The van der Waals surface area contributed by atoms with E-state index in [4.69, 9.17) is 4.42 Å². The standard InChI is InChI=1S/C25H31N3O4/c1-3-15-28(22(29)17-26-24(30)21-10-7-16-32-21)23(19-13-11-18(2)12-14-19)25(31)27-20-8-5-4-6-9-20/h3,7,10-14,16,20,23H,1,4-6,8-9,15,17H2,2H3,(H,26,30)(H,27,31)/t23-/m0/s1. The van der Waals surface area contributed by atoms with E-state index in [1.807, 2.05) is 31.2 Å². The lowest BCUT2D eigenvalue weighted by Crippen LogP contribution is -2.49. The molecule has 0 unspecified atom stereocenters. The lowest BCUT2D eigenvalue weighted by molar-refractivity contribution is -0.139. The van der Waals surface area contributed by atoms with Gasteiger partial charge in [-0.1, -0.05) is 55.2 Å². The Bertz CT molecular complexity index is 915. The zero-order valence-electron chi connectivity index (χ0n) is 18.5. The van der Waals surface area contributed by atoms with Gasteiger partial charge in [-0.15, -0.1) is 6.58 Å². The van der Waals surface area contributed by atoms with Crippen molar-refractivity contribution in [3.8, 4) is 0 Å². The fraction of sp³-hybridized carbons (Fsp3) is 0.400. The third kappa shape index (κ3) is 6.09. The van der Waals surface area contributed by atoms with Gasteiger partial charge in [0.2, 0.25) is 11.8 Å². The van der Waals surface area contributed by atoms with E-state index in [9.17, 15) is 14.4 Å². The first kappa shape index (κ1) is 23.3. The lowest BCUT2D eigenvalue weighted by Gasteiger charge is -2.33. The molecule has 3 rings (SSSR count). The van der Waals surface area contributed by atoms with Gasteiger partial charge in [0.25, 0.3) is 5.91 Å². The van der Waals surface area contributed by atoms with Crippen LogP contribution in [0.4, 0.5) is 0 Å². The molecule has 0 radical (unpaired) electrons. The molecule has 1 fully saturated rings. The van der Waals surface area contributed by atoms with Crippen molar-refractivity contribution < 1.29 is 18.8 Å². The van der Waals surface area contributed by atoms with Crippen molar-refractivity contribution >= 4 is 17.7 Å². The second-order valence-corrected chi connectivity index (χ2v) is 8.15. The monoisotopic (exact) mass is 437 g/mol. The van der Waals surface area contributed by atoms with Crippen molar-refractivity contribution in [3.05, 3.63) is 72.2 Å². The summed E-state index contributed by atoms with van der Waals surface area (Å²) in [6.45, 7) is 5.64. The van der Waals surface area contributed by atoms with Crippen LogP contribution >= 0.6 is 0 Å². The summed E-state index contributed by atoms with van der Waals surface area (Å²) in [4.78, 5) is 40.2. The van der Waals surface area contributed by atoms with Gasteiger partial charge in [0.15, 0.2) is 5.76 Å². The molecule has 1 aliphatic carbocycles. The average molecular weight is 438 g/mol. The molecule has 1 saturated carbocycles. The Balaban J connectivity index is 1.80. The van der Waals surface area contributed by atoms with Gasteiger partial charge in [0, 0.05) is 12.6 Å². The first-order valence-electron chi connectivity index (χ1n) is 11.1. The molecular formula is C25H31N3O4. The molecule has 0 spiro atoms. The van der Waals surface area contributed by atoms with Crippen LogP contribution in [-0.2, 0) is 9.59 Å².